The Morgan fingerprint density at radius 1 is 1.50 bits per heavy atom. The number of hydrogen-bond acceptors (Lipinski definition) is 5. The minimum absolute atomic E-state index is 0.115. The van der Waals surface area contributed by atoms with Crippen LogP contribution in [0.4, 0.5) is 0 Å². The van der Waals surface area contributed by atoms with Gasteiger partial charge < -0.3 is 19.3 Å². The number of halogens is 1. The van der Waals surface area contributed by atoms with Gasteiger partial charge in [0.2, 0.25) is 6.10 Å². The number of rotatable bonds is 4. The lowest BCUT2D eigenvalue weighted by Gasteiger charge is -2.12. The maximum atomic E-state index is 12.0. The normalized spacial score (nSPS) is 25.4. The summed E-state index contributed by atoms with van der Waals surface area (Å²) in [6.07, 6.45) is 1.91. The van der Waals surface area contributed by atoms with Crippen LogP contribution in [0.15, 0.2) is 21.7 Å². The lowest BCUT2D eigenvalue weighted by Crippen LogP contribution is -2.39. The van der Waals surface area contributed by atoms with E-state index in [1.54, 1.807) is 12.1 Å². The van der Waals surface area contributed by atoms with Gasteiger partial charge in [-0.15, -0.1) is 0 Å². The summed E-state index contributed by atoms with van der Waals surface area (Å²) in [5.74, 6) is 0.348. The van der Waals surface area contributed by atoms with E-state index in [1.165, 1.54) is 0 Å². The van der Waals surface area contributed by atoms with Crippen LogP contribution in [0.5, 0.6) is 0 Å². The molecular formula is C13H15ClN2O4. The molecule has 1 N–H and O–H groups in total. The molecule has 1 amide bonds. The molecule has 7 heteroatoms. The highest BCUT2D eigenvalue weighted by Gasteiger charge is 2.30. The average molecular weight is 299 g/mol. The van der Waals surface area contributed by atoms with Crippen molar-refractivity contribution in [3.05, 3.63) is 23.1 Å². The Kier molecular flexibility index (Phi) is 3.93. The fourth-order valence-electron chi connectivity index (χ4n) is 2.27. The van der Waals surface area contributed by atoms with E-state index in [0.29, 0.717) is 24.4 Å². The number of hydrogen-bond donors (Lipinski definition) is 1. The molecule has 2 aliphatic heterocycles. The largest absolute Gasteiger partial charge is 0.443 e. The molecule has 0 spiro atoms. The number of nitrogens with zero attached hydrogens (tertiary/aromatic N) is 1. The lowest BCUT2D eigenvalue weighted by atomic mass is 10.1. The van der Waals surface area contributed by atoms with Crippen molar-refractivity contribution in [2.75, 3.05) is 13.2 Å². The molecule has 1 fully saturated rings. The van der Waals surface area contributed by atoms with Crippen LogP contribution >= 0.6 is 11.6 Å². The number of nitrogens with one attached hydrogen (secondary N) is 1. The monoisotopic (exact) mass is 298 g/mol. The number of furan rings is 1. The van der Waals surface area contributed by atoms with Crippen LogP contribution in [-0.2, 0) is 14.4 Å². The third-order valence-electron chi connectivity index (χ3n) is 3.35. The number of carbonyl (C=O) groups is 1. The molecule has 20 heavy (non-hydrogen) atoms. The summed E-state index contributed by atoms with van der Waals surface area (Å²) in [6, 6.07) is 3.33. The fraction of sp³-hybridized carbons (Fsp3) is 0.538. The molecule has 0 saturated carbocycles. The first-order chi connectivity index (χ1) is 9.72. The molecule has 2 aliphatic rings. The summed E-state index contributed by atoms with van der Waals surface area (Å²) in [4.78, 5) is 17.1. The van der Waals surface area contributed by atoms with Gasteiger partial charge >= 0.3 is 0 Å². The molecule has 1 aromatic heterocycles. The number of carbonyl (C=O) groups excluding carboxylic acids is 1. The second-order valence-electron chi connectivity index (χ2n) is 4.82. The van der Waals surface area contributed by atoms with Crippen LogP contribution in [0.3, 0.4) is 0 Å². The van der Waals surface area contributed by atoms with Crippen LogP contribution in [0.25, 0.3) is 0 Å². The summed E-state index contributed by atoms with van der Waals surface area (Å²) in [6.45, 7) is 1.29. The zero-order valence-electron chi connectivity index (χ0n) is 10.8. The maximum Gasteiger partial charge on any atom is 0.264 e. The van der Waals surface area contributed by atoms with Gasteiger partial charge in [-0.1, -0.05) is 5.16 Å². The number of amides is 1. The van der Waals surface area contributed by atoms with Gasteiger partial charge in [0, 0.05) is 19.6 Å². The Labute approximate surface area is 121 Å². The molecule has 0 bridgehead atoms. The highest BCUT2D eigenvalue weighted by atomic mass is 35.5. The molecule has 0 aromatic carbocycles. The lowest BCUT2D eigenvalue weighted by molar-refractivity contribution is -0.131. The first-order valence-corrected chi connectivity index (χ1v) is 6.98. The van der Waals surface area contributed by atoms with Crippen molar-refractivity contribution in [2.24, 2.45) is 5.16 Å². The van der Waals surface area contributed by atoms with Gasteiger partial charge in [0.05, 0.1) is 6.10 Å². The Hall–Kier alpha value is -1.53. The summed E-state index contributed by atoms with van der Waals surface area (Å²) in [5, 5.41) is 6.98. The molecule has 3 rings (SSSR count). The van der Waals surface area contributed by atoms with Gasteiger partial charge in [-0.2, -0.15) is 0 Å². The zero-order valence-corrected chi connectivity index (χ0v) is 11.6. The highest BCUT2D eigenvalue weighted by molar-refractivity contribution is 6.29. The van der Waals surface area contributed by atoms with Gasteiger partial charge in [0.1, 0.15) is 5.71 Å². The minimum Gasteiger partial charge on any atom is -0.443 e. The van der Waals surface area contributed by atoms with E-state index in [4.69, 9.17) is 25.6 Å². The van der Waals surface area contributed by atoms with Crippen molar-refractivity contribution in [3.8, 4) is 0 Å². The molecule has 6 nitrogen and oxygen atoms in total. The summed E-state index contributed by atoms with van der Waals surface area (Å²) >= 11 is 5.70. The molecule has 1 aromatic rings. The van der Waals surface area contributed by atoms with Gasteiger partial charge in [-0.3, -0.25) is 4.79 Å². The summed E-state index contributed by atoms with van der Waals surface area (Å²) < 4.78 is 10.7. The van der Waals surface area contributed by atoms with Crippen molar-refractivity contribution >= 4 is 23.2 Å². The smallest absolute Gasteiger partial charge is 0.264 e. The highest BCUT2D eigenvalue weighted by Crippen LogP contribution is 2.21. The first kappa shape index (κ1) is 13.5. The summed E-state index contributed by atoms with van der Waals surface area (Å²) in [5.41, 5.74) is 0.592. The molecule has 2 atom stereocenters. The Balaban J connectivity index is 1.49. The van der Waals surface area contributed by atoms with E-state index in [-0.39, 0.29) is 17.2 Å². The van der Waals surface area contributed by atoms with Crippen LogP contribution in [-0.4, -0.2) is 37.0 Å². The van der Waals surface area contributed by atoms with E-state index in [1.807, 2.05) is 0 Å². The molecule has 0 unspecified atom stereocenters. The maximum absolute atomic E-state index is 12.0. The van der Waals surface area contributed by atoms with Crippen molar-refractivity contribution < 1.29 is 18.8 Å². The summed E-state index contributed by atoms with van der Waals surface area (Å²) in [7, 11) is 0. The second-order valence-corrected chi connectivity index (χ2v) is 5.19. The molecule has 1 saturated heterocycles. The van der Waals surface area contributed by atoms with E-state index < -0.39 is 6.10 Å². The SMILES string of the molecule is O=C(NC[C@H]1CCCO1)[C@H]1CC(c2ccc(Cl)o2)=NO1. The third kappa shape index (κ3) is 2.96. The molecule has 0 aliphatic carbocycles. The Morgan fingerprint density at radius 2 is 2.40 bits per heavy atom. The molecule has 0 radical (unpaired) electrons. The average Bonchev–Trinajstić information content (AvgIpc) is 3.16. The van der Waals surface area contributed by atoms with E-state index in [2.05, 4.69) is 10.5 Å². The van der Waals surface area contributed by atoms with E-state index in [9.17, 15) is 4.79 Å². The number of ether oxygens (including phenoxy) is 1. The van der Waals surface area contributed by atoms with E-state index >= 15 is 0 Å². The van der Waals surface area contributed by atoms with Crippen molar-refractivity contribution in [1.82, 2.24) is 5.32 Å². The van der Waals surface area contributed by atoms with Crippen molar-refractivity contribution in [3.63, 3.8) is 0 Å². The quantitative estimate of drug-likeness (QED) is 0.918. The molecule has 3 heterocycles. The first-order valence-electron chi connectivity index (χ1n) is 6.60. The van der Waals surface area contributed by atoms with E-state index in [0.717, 1.165) is 19.4 Å². The van der Waals surface area contributed by atoms with Gasteiger partial charge in [0.15, 0.2) is 11.0 Å². The predicted octanol–water partition coefficient (Wildman–Crippen LogP) is 1.72. The third-order valence-corrected chi connectivity index (χ3v) is 3.55. The van der Waals surface area contributed by atoms with Crippen LogP contribution < -0.4 is 5.32 Å². The van der Waals surface area contributed by atoms with Crippen LogP contribution in [0.1, 0.15) is 25.0 Å². The van der Waals surface area contributed by atoms with Crippen molar-refractivity contribution in [1.29, 1.82) is 0 Å². The molecule has 108 valence electrons. The minimum atomic E-state index is -0.615. The predicted molar refractivity (Wildman–Crippen MR) is 71.7 cm³/mol. The topological polar surface area (TPSA) is 73.1 Å². The Morgan fingerprint density at radius 3 is 3.10 bits per heavy atom. The van der Waals surface area contributed by atoms with Gasteiger partial charge in [-0.05, 0) is 36.6 Å². The van der Waals surface area contributed by atoms with Crippen LogP contribution in [0, 0.1) is 0 Å². The standard InChI is InChI=1S/C13H15ClN2O4/c14-12-4-3-10(19-12)9-6-11(20-16-9)13(17)15-7-8-2-1-5-18-8/h3-4,8,11H,1-2,5-7H2,(H,15,17)/t8-,11-/m1/s1. The second kappa shape index (κ2) is 5.85. The fourth-order valence-corrected chi connectivity index (χ4v) is 2.41. The zero-order chi connectivity index (χ0) is 13.9. The van der Waals surface area contributed by atoms with Gasteiger partial charge in [0.25, 0.3) is 5.91 Å². The van der Waals surface area contributed by atoms with Gasteiger partial charge in [-0.25, -0.2) is 0 Å². The Bertz CT molecular complexity index is 522. The molecular weight excluding hydrogens is 284 g/mol. The van der Waals surface area contributed by atoms with Crippen LogP contribution in [0.2, 0.25) is 5.22 Å². The van der Waals surface area contributed by atoms with Crippen molar-refractivity contribution in [2.45, 2.75) is 31.5 Å². The number of oxime groups is 1.